The maximum absolute atomic E-state index is 13.7. The van der Waals surface area contributed by atoms with Gasteiger partial charge in [0.25, 0.3) is 0 Å². The second-order valence-electron chi connectivity index (χ2n) is 11.8. The van der Waals surface area contributed by atoms with Crippen LogP contribution in [0.1, 0.15) is 63.9 Å². The van der Waals surface area contributed by atoms with Gasteiger partial charge in [-0.15, -0.1) is 24.7 Å². The molecule has 0 saturated heterocycles. The Morgan fingerprint density at radius 3 is 2.33 bits per heavy atom. The van der Waals surface area contributed by atoms with Gasteiger partial charge >= 0.3 is 0 Å². The quantitative estimate of drug-likeness (QED) is 0.175. The molecule has 1 aliphatic rings. The molecule has 0 aromatic heterocycles. The summed E-state index contributed by atoms with van der Waals surface area (Å²) >= 11 is 0. The largest absolute Gasteiger partial charge is 0.389 e. The highest BCUT2D eigenvalue weighted by molar-refractivity contribution is 5.91. The van der Waals surface area contributed by atoms with Crippen molar-refractivity contribution in [1.82, 2.24) is 20.9 Å². The second kappa shape index (κ2) is 19.0. The summed E-state index contributed by atoms with van der Waals surface area (Å²) in [6, 6.07) is 7.51. The van der Waals surface area contributed by atoms with E-state index in [1.54, 1.807) is 25.9 Å². The van der Waals surface area contributed by atoms with Gasteiger partial charge < -0.3 is 31.1 Å². The molecule has 0 radical (unpaired) electrons. The third-order valence-corrected chi connectivity index (χ3v) is 8.36. The van der Waals surface area contributed by atoms with Crippen LogP contribution in [0.15, 0.2) is 30.3 Å². The lowest BCUT2D eigenvalue weighted by Gasteiger charge is -2.33. The molecule has 0 spiro atoms. The fraction of sp³-hybridized carbons (Fsp3) is 0.618. The number of aliphatic hydroxyl groups excluding tert-OH is 2. The minimum Gasteiger partial charge on any atom is -0.389 e. The minimum atomic E-state index is -1.28. The first-order valence-electron chi connectivity index (χ1n) is 15.4. The molecule has 3 amide bonds. The van der Waals surface area contributed by atoms with Gasteiger partial charge in [0.2, 0.25) is 17.7 Å². The Balaban J connectivity index is 2.26. The van der Waals surface area contributed by atoms with Crippen LogP contribution in [0.4, 0.5) is 0 Å². The van der Waals surface area contributed by atoms with Crippen molar-refractivity contribution in [1.29, 1.82) is 0 Å². The van der Waals surface area contributed by atoms with E-state index in [0.717, 1.165) is 37.7 Å². The predicted molar refractivity (Wildman–Crippen MR) is 168 cm³/mol. The van der Waals surface area contributed by atoms with E-state index in [2.05, 4.69) is 27.8 Å². The Hall–Kier alpha value is -3.37. The molecule has 0 heterocycles. The first-order valence-corrected chi connectivity index (χ1v) is 15.4. The summed E-state index contributed by atoms with van der Waals surface area (Å²) in [5.41, 5.74) is 0.887. The van der Waals surface area contributed by atoms with E-state index in [1.165, 1.54) is 0 Å². The topological polar surface area (TPSA) is 131 Å². The Kier molecular flexibility index (Phi) is 15.8. The first kappa shape index (κ1) is 35.8. The summed E-state index contributed by atoms with van der Waals surface area (Å²) in [6.07, 6.45) is 14.5. The molecule has 2 rings (SSSR count). The van der Waals surface area contributed by atoms with Crippen LogP contribution >= 0.6 is 0 Å². The fourth-order valence-electron chi connectivity index (χ4n) is 5.56. The molecular weight excluding hydrogens is 544 g/mol. The SMILES string of the molecule is C#CCC(O)C(O)C(CC1CCCCC1)NC(=O)C(NC(=O)C(CC(=O)N(C)CCNC)Cc1ccccc1)C(C)C#C. The van der Waals surface area contributed by atoms with Crippen LogP contribution in [-0.4, -0.2) is 84.3 Å². The van der Waals surface area contributed by atoms with Gasteiger partial charge in [-0.05, 0) is 38.3 Å². The van der Waals surface area contributed by atoms with Crippen molar-refractivity contribution < 1.29 is 24.6 Å². The molecule has 1 fully saturated rings. The van der Waals surface area contributed by atoms with E-state index in [0.29, 0.717) is 25.9 Å². The van der Waals surface area contributed by atoms with Crippen molar-refractivity contribution in [3.8, 4) is 24.7 Å². The number of hydrogen-bond donors (Lipinski definition) is 5. The van der Waals surface area contributed by atoms with Crippen LogP contribution in [-0.2, 0) is 20.8 Å². The standard InChI is InChI=1S/C34H50N4O5/c1-6-14-29(39)32(41)28(22-26-17-12-9-13-18-26)36-34(43)31(24(3)7-2)37-33(42)27(21-25-15-10-8-11-16-25)23-30(40)38(5)20-19-35-4/h1-2,8,10-11,15-16,24,26-29,31-32,35,39,41H,9,12-14,17-23H2,3-5H3,(H,36,43)(H,37,42). The number of rotatable bonds is 17. The highest BCUT2D eigenvalue weighted by Crippen LogP contribution is 2.29. The molecule has 9 nitrogen and oxygen atoms in total. The number of amides is 3. The van der Waals surface area contributed by atoms with E-state index < -0.39 is 47.9 Å². The zero-order valence-electron chi connectivity index (χ0n) is 25.9. The first-order chi connectivity index (χ1) is 20.6. The van der Waals surface area contributed by atoms with Crippen LogP contribution in [0.5, 0.6) is 0 Å². The molecule has 9 heteroatoms. The molecule has 1 saturated carbocycles. The number of carbonyl (C=O) groups is 3. The maximum atomic E-state index is 13.7. The highest BCUT2D eigenvalue weighted by Gasteiger charge is 2.35. The average Bonchev–Trinajstić information content (AvgIpc) is 3.01. The smallest absolute Gasteiger partial charge is 0.244 e. The molecule has 1 aliphatic carbocycles. The van der Waals surface area contributed by atoms with Crippen molar-refractivity contribution in [3.05, 3.63) is 35.9 Å². The number of terminal acetylenes is 2. The average molecular weight is 595 g/mol. The lowest BCUT2D eigenvalue weighted by molar-refractivity contribution is -0.137. The third kappa shape index (κ3) is 12.0. The van der Waals surface area contributed by atoms with Crippen molar-refractivity contribution in [2.45, 2.75) is 89.0 Å². The maximum Gasteiger partial charge on any atom is 0.244 e. The molecule has 43 heavy (non-hydrogen) atoms. The molecule has 6 unspecified atom stereocenters. The Labute approximate surface area is 257 Å². The summed E-state index contributed by atoms with van der Waals surface area (Å²) in [5.74, 6) is 2.58. The summed E-state index contributed by atoms with van der Waals surface area (Å²) in [4.78, 5) is 42.0. The summed E-state index contributed by atoms with van der Waals surface area (Å²) in [7, 11) is 3.50. The number of nitrogens with one attached hydrogen (secondary N) is 3. The van der Waals surface area contributed by atoms with Gasteiger partial charge in [0, 0.05) is 38.9 Å². The monoisotopic (exact) mass is 594 g/mol. The number of carbonyl (C=O) groups excluding carboxylic acids is 3. The van der Waals surface area contributed by atoms with Gasteiger partial charge in [0.05, 0.1) is 18.1 Å². The highest BCUT2D eigenvalue weighted by atomic mass is 16.3. The second-order valence-corrected chi connectivity index (χ2v) is 11.8. The van der Waals surface area contributed by atoms with Gasteiger partial charge in [0.1, 0.15) is 12.1 Å². The van der Waals surface area contributed by atoms with Crippen LogP contribution in [0.2, 0.25) is 0 Å². The molecule has 5 N–H and O–H groups in total. The Bertz CT molecular complexity index is 1090. The lowest BCUT2D eigenvalue weighted by atomic mass is 9.82. The molecule has 0 bridgehead atoms. The number of nitrogens with zero attached hydrogens (tertiary/aromatic N) is 1. The van der Waals surface area contributed by atoms with Crippen LogP contribution in [0, 0.1) is 42.4 Å². The minimum absolute atomic E-state index is 0.0407. The van der Waals surface area contributed by atoms with Gasteiger partial charge in [-0.3, -0.25) is 14.4 Å². The number of benzene rings is 1. The van der Waals surface area contributed by atoms with E-state index in [-0.39, 0.29) is 24.7 Å². The number of aliphatic hydroxyl groups is 2. The van der Waals surface area contributed by atoms with Crippen molar-refractivity contribution >= 4 is 17.7 Å². The Morgan fingerprint density at radius 2 is 1.72 bits per heavy atom. The number of hydrogen-bond acceptors (Lipinski definition) is 6. The fourth-order valence-corrected chi connectivity index (χ4v) is 5.56. The van der Waals surface area contributed by atoms with Gasteiger partial charge in [-0.1, -0.05) is 62.4 Å². The summed E-state index contributed by atoms with van der Waals surface area (Å²) in [6.45, 7) is 2.77. The molecular formula is C34H50N4O5. The van der Waals surface area contributed by atoms with Crippen LogP contribution in [0.25, 0.3) is 0 Å². The van der Waals surface area contributed by atoms with Crippen LogP contribution in [0.3, 0.4) is 0 Å². The molecule has 1 aromatic rings. The third-order valence-electron chi connectivity index (χ3n) is 8.36. The number of likely N-dealkylation sites (N-methyl/N-ethyl adjacent to an activating group) is 2. The van der Waals surface area contributed by atoms with Gasteiger partial charge in [0.15, 0.2) is 0 Å². The lowest BCUT2D eigenvalue weighted by Crippen LogP contribution is -2.57. The molecule has 1 aromatic carbocycles. The normalized spacial score (nSPS) is 17.7. The van der Waals surface area contributed by atoms with Gasteiger partial charge in [-0.2, -0.15) is 0 Å². The molecule has 236 valence electrons. The predicted octanol–water partition coefficient (Wildman–Crippen LogP) is 1.87. The van der Waals surface area contributed by atoms with Crippen molar-refractivity contribution in [2.24, 2.45) is 17.8 Å². The molecule has 6 atom stereocenters. The van der Waals surface area contributed by atoms with E-state index in [9.17, 15) is 24.6 Å². The van der Waals surface area contributed by atoms with Gasteiger partial charge in [-0.25, -0.2) is 0 Å². The zero-order chi connectivity index (χ0) is 31.8. The van der Waals surface area contributed by atoms with Crippen molar-refractivity contribution in [2.75, 3.05) is 27.2 Å². The summed E-state index contributed by atoms with van der Waals surface area (Å²) in [5, 5.41) is 30.2. The van der Waals surface area contributed by atoms with E-state index >= 15 is 0 Å². The van der Waals surface area contributed by atoms with Crippen LogP contribution < -0.4 is 16.0 Å². The molecule has 0 aliphatic heterocycles. The van der Waals surface area contributed by atoms with Crippen molar-refractivity contribution in [3.63, 3.8) is 0 Å². The van der Waals surface area contributed by atoms with E-state index in [1.807, 2.05) is 30.3 Å². The zero-order valence-corrected chi connectivity index (χ0v) is 25.9. The Morgan fingerprint density at radius 1 is 1.05 bits per heavy atom. The van der Waals surface area contributed by atoms with E-state index in [4.69, 9.17) is 12.8 Å². The summed E-state index contributed by atoms with van der Waals surface area (Å²) < 4.78 is 0.